The standard InChI is InChI=1S/C20H20N4O/c1-13-9-14(2)19(15(3)10-13)24-20(25)17-11-18(22-12-21-17)23-16-7-5-4-6-8-16/h4-12H,1-3H3,(H,24,25)(H,21,22,23). The van der Waals surface area contributed by atoms with Gasteiger partial charge in [0.15, 0.2) is 0 Å². The van der Waals surface area contributed by atoms with Crippen LogP contribution in [0.5, 0.6) is 0 Å². The number of carbonyl (C=O) groups excluding carboxylic acids is 1. The molecule has 0 radical (unpaired) electrons. The number of anilines is 3. The molecule has 5 heteroatoms. The van der Waals surface area contributed by atoms with Crippen molar-refractivity contribution in [3.8, 4) is 0 Å². The van der Waals surface area contributed by atoms with Gasteiger partial charge in [0.1, 0.15) is 17.8 Å². The predicted octanol–water partition coefficient (Wildman–Crippen LogP) is 4.40. The number of aromatic nitrogens is 2. The van der Waals surface area contributed by atoms with Crippen LogP contribution >= 0.6 is 0 Å². The second-order valence-electron chi connectivity index (χ2n) is 6.01. The first kappa shape index (κ1) is 16.6. The van der Waals surface area contributed by atoms with E-state index in [1.165, 1.54) is 11.9 Å². The van der Waals surface area contributed by atoms with Gasteiger partial charge in [-0.3, -0.25) is 4.79 Å². The van der Waals surface area contributed by atoms with E-state index in [2.05, 4.69) is 20.6 Å². The zero-order valence-corrected chi connectivity index (χ0v) is 14.5. The minimum atomic E-state index is -0.256. The van der Waals surface area contributed by atoms with E-state index in [4.69, 9.17) is 0 Å². The topological polar surface area (TPSA) is 66.9 Å². The fourth-order valence-corrected chi connectivity index (χ4v) is 2.77. The number of benzene rings is 2. The molecule has 0 spiro atoms. The summed E-state index contributed by atoms with van der Waals surface area (Å²) in [5.41, 5.74) is 5.27. The monoisotopic (exact) mass is 332 g/mol. The van der Waals surface area contributed by atoms with Crippen LogP contribution in [0.4, 0.5) is 17.2 Å². The number of rotatable bonds is 4. The molecule has 0 aliphatic heterocycles. The Labute approximate surface area is 147 Å². The van der Waals surface area contributed by atoms with Crippen LogP contribution in [0.2, 0.25) is 0 Å². The van der Waals surface area contributed by atoms with Crippen LogP contribution in [0.25, 0.3) is 0 Å². The van der Waals surface area contributed by atoms with Gasteiger partial charge < -0.3 is 10.6 Å². The highest BCUT2D eigenvalue weighted by Gasteiger charge is 2.12. The maximum atomic E-state index is 12.6. The van der Waals surface area contributed by atoms with E-state index in [1.54, 1.807) is 6.07 Å². The fraction of sp³-hybridized carbons (Fsp3) is 0.150. The van der Waals surface area contributed by atoms with Gasteiger partial charge in [0.2, 0.25) is 0 Å². The minimum Gasteiger partial charge on any atom is -0.340 e. The maximum Gasteiger partial charge on any atom is 0.274 e. The molecule has 3 rings (SSSR count). The van der Waals surface area contributed by atoms with Gasteiger partial charge >= 0.3 is 0 Å². The minimum absolute atomic E-state index is 0.256. The van der Waals surface area contributed by atoms with E-state index in [-0.39, 0.29) is 5.91 Å². The first-order valence-electron chi connectivity index (χ1n) is 8.06. The van der Waals surface area contributed by atoms with Crippen LogP contribution < -0.4 is 10.6 Å². The lowest BCUT2D eigenvalue weighted by atomic mass is 10.0. The molecule has 0 fully saturated rings. The van der Waals surface area contributed by atoms with Gasteiger partial charge in [0.05, 0.1) is 0 Å². The van der Waals surface area contributed by atoms with Gasteiger partial charge in [0, 0.05) is 17.4 Å². The molecule has 0 atom stereocenters. The number of nitrogens with one attached hydrogen (secondary N) is 2. The average Bonchev–Trinajstić information content (AvgIpc) is 2.59. The summed E-state index contributed by atoms with van der Waals surface area (Å²) in [6.45, 7) is 6.01. The number of nitrogens with zero attached hydrogens (tertiary/aromatic N) is 2. The van der Waals surface area contributed by atoms with Crippen molar-refractivity contribution < 1.29 is 4.79 Å². The molecule has 5 nitrogen and oxygen atoms in total. The highest BCUT2D eigenvalue weighted by molar-refractivity contribution is 6.04. The Kier molecular flexibility index (Phi) is 4.75. The largest absolute Gasteiger partial charge is 0.340 e. The van der Waals surface area contributed by atoms with E-state index in [9.17, 15) is 4.79 Å². The predicted molar refractivity (Wildman–Crippen MR) is 100 cm³/mol. The van der Waals surface area contributed by atoms with Crippen molar-refractivity contribution in [2.45, 2.75) is 20.8 Å². The van der Waals surface area contributed by atoms with E-state index in [0.717, 1.165) is 22.5 Å². The lowest BCUT2D eigenvalue weighted by molar-refractivity contribution is 0.102. The molecule has 1 heterocycles. The molecule has 126 valence electrons. The molecule has 0 aliphatic carbocycles. The molecule has 25 heavy (non-hydrogen) atoms. The summed E-state index contributed by atoms with van der Waals surface area (Å²) in [4.78, 5) is 20.8. The van der Waals surface area contributed by atoms with Gasteiger partial charge in [-0.25, -0.2) is 9.97 Å². The molecule has 3 aromatic rings. The second kappa shape index (κ2) is 7.13. The summed E-state index contributed by atoms with van der Waals surface area (Å²) in [7, 11) is 0. The molecule has 0 aliphatic rings. The average molecular weight is 332 g/mol. The lowest BCUT2D eigenvalue weighted by Crippen LogP contribution is -2.16. The molecular formula is C20H20N4O. The molecule has 1 amide bonds. The van der Waals surface area contributed by atoms with Gasteiger partial charge in [-0.1, -0.05) is 35.9 Å². The summed E-state index contributed by atoms with van der Waals surface area (Å²) in [6.07, 6.45) is 1.38. The van der Waals surface area contributed by atoms with E-state index in [0.29, 0.717) is 11.5 Å². The van der Waals surface area contributed by atoms with Crippen molar-refractivity contribution in [3.63, 3.8) is 0 Å². The highest BCUT2D eigenvalue weighted by Crippen LogP contribution is 2.22. The number of para-hydroxylation sites is 1. The van der Waals surface area contributed by atoms with E-state index in [1.807, 2.05) is 63.2 Å². The molecule has 0 bridgehead atoms. The fourth-order valence-electron chi connectivity index (χ4n) is 2.77. The first-order valence-corrected chi connectivity index (χ1v) is 8.06. The molecule has 2 N–H and O–H groups in total. The van der Waals surface area contributed by atoms with Crippen LogP contribution in [0.1, 0.15) is 27.2 Å². The number of aryl methyl sites for hydroxylation is 3. The zero-order valence-electron chi connectivity index (χ0n) is 14.5. The highest BCUT2D eigenvalue weighted by atomic mass is 16.1. The molecule has 0 saturated heterocycles. The molecular weight excluding hydrogens is 312 g/mol. The van der Waals surface area contributed by atoms with Gasteiger partial charge in [-0.15, -0.1) is 0 Å². The maximum absolute atomic E-state index is 12.6. The van der Waals surface area contributed by atoms with Crippen LogP contribution in [-0.2, 0) is 0 Å². The third kappa shape index (κ3) is 4.01. The van der Waals surface area contributed by atoms with Crippen molar-refractivity contribution in [3.05, 3.63) is 77.2 Å². The molecule has 1 aromatic heterocycles. The summed E-state index contributed by atoms with van der Waals surface area (Å²) in [5.74, 6) is 0.317. The van der Waals surface area contributed by atoms with Gasteiger partial charge in [-0.05, 0) is 44.0 Å². The summed E-state index contributed by atoms with van der Waals surface area (Å²) < 4.78 is 0. The van der Waals surface area contributed by atoms with Crippen LogP contribution in [0, 0.1) is 20.8 Å². The smallest absolute Gasteiger partial charge is 0.274 e. The van der Waals surface area contributed by atoms with Crippen molar-refractivity contribution in [1.82, 2.24) is 9.97 Å². The second-order valence-corrected chi connectivity index (χ2v) is 6.01. The molecule has 0 unspecified atom stereocenters. The number of hydrogen-bond acceptors (Lipinski definition) is 4. The lowest BCUT2D eigenvalue weighted by Gasteiger charge is -2.13. The SMILES string of the molecule is Cc1cc(C)c(NC(=O)c2cc(Nc3ccccc3)ncn2)c(C)c1. The summed E-state index contributed by atoms with van der Waals surface area (Å²) >= 11 is 0. The zero-order chi connectivity index (χ0) is 17.8. The van der Waals surface area contributed by atoms with Crippen LogP contribution in [0.15, 0.2) is 54.9 Å². The molecule has 2 aromatic carbocycles. The van der Waals surface area contributed by atoms with Crippen molar-refractivity contribution in [1.29, 1.82) is 0 Å². The quantitative estimate of drug-likeness (QED) is 0.743. The van der Waals surface area contributed by atoms with Crippen LogP contribution in [-0.4, -0.2) is 15.9 Å². The number of carbonyl (C=O) groups is 1. The Balaban J connectivity index is 1.80. The Bertz CT molecular complexity index is 884. The summed E-state index contributed by atoms with van der Waals surface area (Å²) in [6, 6.07) is 15.4. The van der Waals surface area contributed by atoms with Crippen molar-refractivity contribution in [2.24, 2.45) is 0 Å². The van der Waals surface area contributed by atoms with Gasteiger partial charge in [-0.2, -0.15) is 0 Å². The Morgan fingerprint density at radius 3 is 2.28 bits per heavy atom. The van der Waals surface area contributed by atoms with E-state index < -0.39 is 0 Å². The Hall–Kier alpha value is -3.21. The third-order valence-corrected chi connectivity index (χ3v) is 3.86. The van der Waals surface area contributed by atoms with Crippen molar-refractivity contribution in [2.75, 3.05) is 10.6 Å². The Morgan fingerprint density at radius 1 is 0.920 bits per heavy atom. The first-order chi connectivity index (χ1) is 12.0. The number of hydrogen-bond donors (Lipinski definition) is 2. The molecule has 0 saturated carbocycles. The van der Waals surface area contributed by atoms with Crippen LogP contribution in [0.3, 0.4) is 0 Å². The van der Waals surface area contributed by atoms with Crippen molar-refractivity contribution >= 4 is 23.1 Å². The normalized spacial score (nSPS) is 10.4. The van der Waals surface area contributed by atoms with E-state index >= 15 is 0 Å². The third-order valence-electron chi connectivity index (χ3n) is 3.86. The van der Waals surface area contributed by atoms with Gasteiger partial charge in [0.25, 0.3) is 5.91 Å². The number of amides is 1. The Morgan fingerprint density at radius 2 is 1.60 bits per heavy atom. The summed E-state index contributed by atoms with van der Waals surface area (Å²) in [5, 5.41) is 6.12.